The smallest absolute Gasteiger partial charge is 0.229 e. The topological polar surface area (TPSA) is 66.6 Å². The van der Waals surface area contributed by atoms with E-state index in [1.165, 1.54) is 0 Å². The van der Waals surface area contributed by atoms with Crippen LogP contribution in [0.3, 0.4) is 0 Å². The number of para-hydroxylation sites is 1. The lowest BCUT2D eigenvalue weighted by Gasteiger charge is -2.09. The Hall–Kier alpha value is -6.85. The van der Waals surface area contributed by atoms with Crippen LogP contribution < -0.4 is 0 Å². The normalized spacial score (nSPS) is 12.1. The molecule has 0 atom stereocenters. The summed E-state index contributed by atoms with van der Waals surface area (Å²) in [6.45, 7) is 0. The molecule has 2 heterocycles. The van der Waals surface area contributed by atoms with Crippen LogP contribution in [0, 0.1) is 5.41 Å². The van der Waals surface area contributed by atoms with Gasteiger partial charge in [-0.2, -0.15) is 4.99 Å². The largest absolute Gasteiger partial charge is 0.456 e. The molecule has 0 saturated heterocycles. The SMILES string of the molecule is N=C(/N=C(\N=Cc1ccccc1)c1ccc2c(c1)oc1cccc(-c3ccccc3)c12)n1c2ccccc2c2ccc(-c3ccccc3)cc21. The summed E-state index contributed by atoms with van der Waals surface area (Å²) in [6.07, 6.45) is 1.79. The Labute approximate surface area is 288 Å². The molecule has 9 aromatic rings. The van der Waals surface area contributed by atoms with Crippen LogP contribution in [-0.2, 0) is 0 Å². The maximum Gasteiger partial charge on any atom is 0.229 e. The number of nitrogens with one attached hydrogen (secondary N) is 1. The van der Waals surface area contributed by atoms with Gasteiger partial charge in [-0.15, -0.1) is 0 Å². The maximum atomic E-state index is 9.50. The van der Waals surface area contributed by atoms with E-state index in [2.05, 4.69) is 72.8 Å². The molecule has 9 rings (SSSR count). The third-order valence-corrected chi connectivity index (χ3v) is 9.18. The molecule has 1 N–H and O–H groups in total. The monoisotopic (exact) mass is 642 g/mol. The van der Waals surface area contributed by atoms with Crippen molar-refractivity contribution in [3.05, 3.63) is 181 Å². The zero-order valence-corrected chi connectivity index (χ0v) is 27.0. The summed E-state index contributed by atoms with van der Waals surface area (Å²) in [5.74, 6) is 0.479. The van der Waals surface area contributed by atoms with Gasteiger partial charge in [0.25, 0.3) is 0 Å². The van der Waals surface area contributed by atoms with E-state index in [0.29, 0.717) is 5.84 Å². The van der Waals surface area contributed by atoms with Crippen molar-refractivity contribution in [2.75, 3.05) is 0 Å². The van der Waals surface area contributed by atoms with Crippen LogP contribution in [0.1, 0.15) is 11.1 Å². The molecule has 0 amide bonds. The summed E-state index contributed by atoms with van der Waals surface area (Å²) in [4.78, 5) is 9.85. The highest BCUT2D eigenvalue weighted by molar-refractivity contribution is 6.19. The fourth-order valence-electron chi connectivity index (χ4n) is 6.83. The van der Waals surface area contributed by atoms with Crippen molar-refractivity contribution in [2.24, 2.45) is 9.98 Å². The zero-order chi connectivity index (χ0) is 33.4. The van der Waals surface area contributed by atoms with Crippen molar-refractivity contribution in [1.82, 2.24) is 4.57 Å². The van der Waals surface area contributed by atoms with Gasteiger partial charge in [0.15, 0.2) is 5.84 Å². The van der Waals surface area contributed by atoms with E-state index in [4.69, 9.17) is 14.4 Å². The number of nitrogens with zero attached hydrogens (tertiary/aromatic N) is 3. The quantitative estimate of drug-likeness (QED) is 0.151. The van der Waals surface area contributed by atoms with E-state index in [1.54, 1.807) is 6.21 Å². The molecule has 2 aromatic heterocycles. The Kier molecular flexibility index (Phi) is 7.21. The molecule has 50 heavy (non-hydrogen) atoms. The van der Waals surface area contributed by atoms with Gasteiger partial charge in [0.1, 0.15) is 11.2 Å². The summed E-state index contributed by atoms with van der Waals surface area (Å²) in [6, 6.07) is 57.5. The minimum atomic E-state index is 0.0673. The lowest BCUT2D eigenvalue weighted by Crippen LogP contribution is -2.11. The van der Waals surface area contributed by atoms with E-state index in [-0.39, 0.29) is 5.96 Å². The van der Waals surface area contributed by atoms with E-state index < -0.39 is 0 Å². The molecule has 0 bridgehead atoms. The predicted octanol–water partition coefficient (Wildman–Crippen LogP) is 11.4. The van der Waals surface area contributed by atoms with E-state index in [0.717, 1.165) is 77.1 Å². The predicted molar refractivity (Wildman–Crippen MR) is 208 cm³/mol. The maximum absolute atomic E-state index is 9.50. The Morgan fingerprint density at radius 2 is 1.22 bits per heavy atom. The first-order valence-electron chi connectivity index (χ1n) is 16.6. The number of aromatic nitrogens is 1. The van der Waals surface area contributed by atoms with Crippen LogP contribution in [0.4, 0.5) is 0 Å². The van der Waals surface area contributed by atoms with Gasteiger partial charge in [0, 0.05) is 33.3 Å². The standard InChI is InChI=1S/C45H30N4O/c46-45(49-39-21-11-10-19-36(39)37-25-23-33(27-40(37)49)31-15-6-2-7-16-31)48-44(47-29-30-13-4-1-5-14-30)34-24-26-38-42(28-34)50-41-22-12-20-35(43(38)41)32-17-8-3-9-18-32/h1-29,46H/b46-45?,47-29?,48-44-. The minimum absolute atomic E-state index is 0.0673. The Balaban J connectivity index is 1.21. The molecule has 0 radical (unpaired) electrons. The van der Waals surface area contributed by atoms with Gasteiger partial charge in [0.2, 0.25) is 5.96 Å². The van der Waals surface area contributed by atoms with Crippen molar-refractivity contribution >= 4 is 61.8 Å². The summed E-state index contributed by atoms with van der Waals surface area (Å²) in [5, 5.41) is 13.7. The molecule has 0 aliphatic carbocycles. The van der Waals surface area contributed by atoms with Crippen molar-refractivity contribution < 1.29 is 4.42 Å². The molecule has 0 aliphatic rings. The second kappa shape index (κ2) is 12.3. The molecular formula is C45H30N4O. The van der Waals surface area contributed by atoms with Gasteiger partial charge in [-0.1, -0.05) is 140 Å². The molecule has 236 valence electrons. The van der Waals surface area contributed by atoms with Crippen LogP contribution in [0.5, 0.6) is 0 Å². The molecule has 0 unspecified atom stereocenters. The van der Waals surface area contributed by atoms with Gasteiger partial charge in [-0.3, -0.25) is 9.98 Å². The van der Waals surface area contributed by atoms with Crippen molar-refractivity contribution in [1.29, 1.82) is 5.41 Å². The number of fused-ring (bicyclic) bond motifs is 6. The highest BCUT2D eigenvalue weighted by atomic mass is 16.3. The number of rotatable bonds is 4. The fourth-order valence-corrected chi connectivity index (χ4v) is 6.83. The summed E-state index contributed by atoms with van der Waals surface area (Å²) >= 11 is 0. The third-order valence-electron chi connectivity index (χ3n) is 9.18. The molecule has 0 saturated carbocycles. The molecule has 0 fully saturated rings. The molecule has 0 spiro atoms. The van der Waals surface area contributed by atoms with Crippen molar-refractivity contribution in [3.63, 3.8) is 0 Å². The summed E-state index contributed by atoms with van der Waals surface area (Å²) in [7, 11) is 0. The van der Waals surface area contributed by atoms with Crippen molar-refractivity contribution in [3.8, 4) is 22.3 Å². The van der Waals surface area contributed by atoms with Gasteiger partial charge < -0.3 is 4.42 Å². The zero-order valence-electron chi connectivity index (χ0n) is 27.0. The highest BCUT2D eigenvalue weighted by Crippen LogP contribution is 2.37. The first-order chi connectivity index (χ1) is 24.7. The lowest BCUT2D eigenvalue weighted by molar-refractivity contribution is 0.669. The van der Waals surface area contributed by atoms with Crippen LogP contribution in [0.15, 0.2) is 184 Å². The molecular weight excluding hydrogens is 613 g/mol. The third kappa shape index (κ3) is 5.18. The number of furan rings is 1. The Morgan fingerprint density at radius 3 is 2.02 bits per heavy atom. The molecule has 0 aliphatic heterocycles. The Bertz CT molecular complexity index is 2760. The average molecular weight is 643 g/mol. The van der Waals surface area contributed by atoms with Crippen molar-refractivity contribution in [2.45, 2.75) is 0 Å². The number of hydrogen-bond acceptors (Lipinski definition) is 2. The van der Waals surface area contributed by atoms with Crippen LogP contribution in [0.25, 0.3) is 66.0 Å². The highest BCUT2D eigenvalue weighted by Gasteiger charge is 2.18. The van der Waals surface area contributed by atoms with Crippen LogP contribution >= 0.6 is 0 Å². The first kappa shape index (κ1) is 29.3. The number of aliphatic imine (C=N–C) groups is 2. The van der Waals surface area contributed by atoms with Gasteiger partial charge in [-0.05, 0) is 58.1 Å². The molecule has 7 aromatic carbocycles. The Morgan fingerprint density at radius 1 is 0.540 bits per heavy atom. The van der Waals surface area contributed by atoms with Gasteiger partial charge >= 0.3 is 0 Å². The van der Waals surface area contributed by atoms with E-state index in [9.17, 15) is 5.41 Å². The second-order valence-electron chi connectivity index (χ2n) is 12.2. The van der Waals surface area contributed by atoms with Crippen LogP contribution in [-0.4, -0.2) is 22.6 Å². The fraction of sp³-hybridized carbons (Fsp3) is 0. The van der Waals surface area contributed by atoms with Gasteiger partial charge in [-0.25, -0.2) is 4.99 Å². The van der Waals surface area contributed by atoms with Gasteiger partial charge in [0.05, 0.1) is 11.0 Å². The average Bonchev–Trinajstić information content (AvgIpc) is 3.72. The van der Waals surface area contributed by atoms with E-state index >= 15 is 0 Å². The van der Waals surface area contributed by atoms with E-state index in [1.807, 2.05) is 102 Å². The van der Waals surface area contributed by atoms with Crippen LogP contribution in [0.2, 0.25) is 0 Å². The number of amidine groups is 1. The first-order valence-corrected chi connectivity index (χ1v) is 16.6. The molecule has 5 nitrogen and oxygen atoms in total. The molecule has 5 heteroatoms. The second-order valence-corrected chi connectivity index (χ2v) is 12.2. The summed E-state index contributed by atoms with van der Waals surface area (Å²) in [5.41, 5.74) is 9.51. The number of benzene rings is 7. The summed E-state index contributed by atoms with van der Waals surface area (Å²) < 4.78 is 8.37. The number of hydrogen-bond donors (Lipinski definition) is 1. The minimum Gasteiger partial charge on any atom is -0.456 e. The lowest BCUT2D eigenvalue weighted by atomic mass is 9.99.